The van der Waals surface area contributed by atoms with E-state index in [1.54, 1.807) is 11.9 Å². The molecule has 17 heavy (non-hydrogen) atoms. The lowest BCUT2D eigenvalue weighted by Crippen LogP contribution is -2.55. The van der Waals surface area contributed by atoms with E-state index in [1.807, 2.05) is 13.8 Å². The summed E-state index contributed by atoms with van der Waals surface area (Å²) in [5.74, 6) is -0.466. The number of carbonyl (C=O) groups is 2. The Balaban J connectivity index is 2.68. The van der Waals surface area contributed by atoms with E-state index in [-0.39, 0.29) is 11.9 Å². The van der Waals surface area contributed by atoms with Gasteiger partial charge in [0, 0.05) is 20.1 Å². The predicted octanol–water partition coefficient (Wildman–Crippen LogP) is -0.120. The summed E-state index contributed by atoms with van der Waals surface area (Å²) in [6.07, 6.45) is 0. The van der Waals surface area contributed by atoms with Gasteiger partial charge in [-0.05, 0) is 5.92 Å². The normalized spacial score (nSPS) is 18.0. The fourth-order valence-corrected chi connectivity index (χ4v) is 2.06. The fourth-order valence-electron chi connectivity index (χ4n) is 2.06. The van der Waals surface area contributed by atoms with Gasteiger partial charge in [-0.3, -0.25) is 4.79 Å². The Hall–Kier alpha value is -1.30. The van der Waals surface area contributed by atoms with Gasteiger partial charge in [0.2, 0.25) is 5.91 Å². The number of nitrogens with two attached hydrogens (primary N) is 1. The van der Waals surface area contributed by atoms with Crippen molar-refractivity contribution in [3.05, 3.63) is 0 Å². The van der Waals surface area contributed by atoms with Gasteiger partial charge in [-0.2, -0.15) is 0 Å². The van der Waals surface area contributed by atoms with E-state index in [2.05, 4.69) is 0 Å². The van der Waals surface area contributed by atoms with Crippen molar-refractivity contribution < 1.29 is 14.3 Å². The quantitative estimate of drug-likeness (QED) is 0.751. The molecule has 0 aromatic carbocycles. The molecule has 0 unspecified atom stereocenters. The first-order chi connectivity index (χ1) is 7.95. The molecule has 0 radical (unpaired) electrons. The molecule has 2 N–H and O–H groups in total. The number of hydrogen-bond donors (Lipinski definition) is 1. The Kier molecular flexibility index (Phi) is 4.74. The number of ether oxygens (including phenoxy) is 1. The van der Waals surface area contributed by atoms with Gasteiger partial charge < -0.3 is 20.3 Å². The van der Waals surface area contributed by atoms with Crippen LogP contribution in [0.2, 0.25) is 0 Å². The maximum Gasteiger partial charge on any atom is 0.320 e. The van der Waals surface area contributed by atoms with Gasteiger partial charge in [-0.15, -0.1) is 0 Å². The minimum atomic E-state index is -0.564. The number of likely N-dealkylation sites (N-methyl/N-ethyl adjacent to an activating group) is 1. The molecule has 1 aliphatic heterocycles. The summed E-state index contributed by atoms with van der Waals surface area (Å²) in [4.78, 5) is 26.6. The van der Waals surface area contributed by atoms with Crippen LogP contribution in [-0.2, 0) is 9.53 Å². The molecule has 1 rings (SSSR count). The van der Waals surface area contributed by atoms with E-state index >= 15 is 0 Å². The molecule has 1 fully saturated rings. The average molecular weight is 243 g/mol. The maximum atomic E-state index is 12.1. The molecule has 0 saturated carbocycles. The highest BCUT2D eigenvalue weighted by Gasteiger charge is 2.31. The number of primary amides is 1. The molecule has 6 heteroatoms. The van der Waals surface area contributed by atoms with Gasteiger partial charge in [0.15, 0.2) is 0 Å². The Morgan fingerprint density at radius 1 is 1.29 bits per heavy atom. The zero-order valence-corrected chi connectivity index (χ0v) is 10.7. The molecule has 6 nitrogen and oxygen atoms in total. The molecule has 1 aliphatic rings. The van der Waals surface area contributed by atoms with E-state index < -0.39 is 11.9 Å². The topological polar surface area (TPSA) is 75.9 Å². The third kappa shape index (κ3) is 3.33. The lowest BCUT2D eigenvalue weighted by atomic mass is 10.0. The first kappa shape index (κ1) is 13.8. The van der Waals surface area contributed by atoms with E-state index in [9.17, 15) is 9.59 Å². The van der Waals surface area contributed by atoms with Crippen molar-refractivity contribution in [1.29, 1.82) is 0 Å². The van der Waals surface area contributed by atoms with Gasteiger partial charge in [0.05, 0.1) is 13.2 Å². The summed E-state index contributed by atoms with van der Waals surface area (Å²) in [5.41, 5.74) is 5.33. The van der Waals surface area contributed by atoms with Crippen molar-refractivity contribution in [2.45, 2.75) is 19.9 Å². The second-order valence-corrected chi connectivity index (χ2v) is 4.58. The zero-order valence-electron chi connectivity index (χ0n) is 10.7. The summed E-state index contributed by atoms with van der Waals surface area (Å²) in [6.45, 7) is 5.96. The summed E-state index contributed by atoms with van der Waals surface area (Å²) in [7, 11) is 1.62. The summed E-state index contributed by atoms with van der Waals surface area (Å²) >= 11 is 0. The van der Waals surface area contributed by atoms with Crippen molar-refractivity contribution >= 4 is 11.9 Å². The molecular formula is C11H21N3O3. The standard InChI is InChI=1S/C11H21N3O3/c1-8(2)9(10(12)15)13(3)11(16)14-4-6-17-7-5-14/h8-9H,4-7H2,1-3H3,(H2,12,15)/t9-/m0/s1. The lowest BCUT2D eigenvalue weighted by molar-refractivity contribution is -0.123. The minimum Gasteiger partial charge on any atom is -0.378 e. The molecular weight excluding hydrogens is 222 g/mol. The molecule has 98 valence electrons. The van der Waals surface area contributed by atoms with Gasteiger partial charge in [-0.1, -0.05) is 13.8 Å². The third-order valence-electron chi connectivity index (χ3n) is 2.92. The van der Waals surface area contributed by atoms with Crippen LogP contribution >= 0.6 is 0 Å². The van der Waals surface area contributed by atoms with Gasteiger partial charge >= 0.3 is 6.03 Å². The highest BCUT2D eigenvalue weighted by Crippen LogP contribution is 2.12. The van der Waals surface area contributed by atoms with Gasteiger partial charge in [0.25, 0.3) is 0 Å². The van der Waals surface area contributed by atoms with E-state index in [4.69, 9.17) is 10.5 Å². The Bertz CT molecular complexity index is 288. The molecule has 1 saturated heterocycles. The summed E-state index contributed by atoms with van der Waals surface area (Å²) < 4.78 is 5.18. The summed E-state index contributed by atoms with van der Waals surface area (Å²) in [5, 5.41) is 0. The number of urea groups is 1. The maximum absolute atomic E-state index is 12.1. The number of morpholine rings is 1. The Morgan fingerprint density at radius 2 is 1.82 bits per heavy atom. The van der Waals surface area contributed by atoms with Crippen molar-refractivity contribution in [2.75, 3.05) is 33.4 Å². The molecule has 0 bridgehead atoms. The smallest absolute Gasteiger partial charge is 0.320 e. The van der Waals surface area contributed by atoms with Gasteiger partial charge in [0.1, 0.15) is 6.04 Å². The SMILES string of the molecule is CC(C)[C@@H](C(N)=O)N(C)C(=O)N1CCOCC1. The predicted molar refractivity (Wildman–Crippen MR) is 63.4 cm³/mol. The van der Waals surface area contributed by atoms with Crippen LogP contribution in [-0.4, -0.2) is 61.1 Å². The van der Waals surface area contributed by atoms with Crippen molar-refractivity contribution in [3.63, 3.8) is 0 Å². The average Bonchev–Trinajstić information content (AvgIpc) is 2.28. The monoisotopic (exact) mass is 243 g/mol. The second-order valence-electron chi connectivity index (χ2n) is 4.58. The number of carbonyl (C=O) groups excluding carboxylic acids is 2. The highest BCUT2D eigenvalue weighted by atomic mass is 16.5. The lowest BCUT2D eigenvalue weighted by Gasteiger charge is -2.35. The second kappa shape index (κ2) is 5.86. The molecule has 3 amide bonds. The van der Waals surface area contributed by atoms with Crippen LogP contribution in [0.15, 0.2) is 0 Å². The van der Waals surface area contributed by atoms with Crippen LogP contribution in [0.5, 0.6) is 0 Å². The fraction of sp³-hybridized carbons (Fsp3) is 0.818. The van der Waals surface area contributed by atoms with Crippen molar-refractivity contribution in [3.8, 4) is 0 Å². The number of rotatable bonds is 3. The number of amides is 3. The van der Waals surface area contributed by atoms with Crippen LogP contribution < -0.4 is 5.73 Å². The Labute approximate surface area is 102 Å². The van der Waals surface area contributed by atoms with E-state index in [0.717, 1.165) is 0 Å². The zero-order chi connectivity index (χ0) is 13.0. The Morgan fingerprint density at radius 3 is 2.24 bits per heavy atom. The van der Waals surface area contributed by atoms with E-state index in [0.29, 0.717) is 26.3 Å². The van der Waals surface area contributed by atoms with Crippen molar-refractivity contribution in [2.24, 2.45) is 11.7 Å². The third-order valence-corrected chi connectivity index (χ3v) is 2.92. The molecule has 0 spiro atoms. The van der Waals surface area contributed by atoms with Gasteiger partial charge in [-0.25, -0.2) is 4.79 Å². The van der Waals surface area contributed by atoms with Crippen LogP contribution in [0.3, 0.4) is 0 Å². The summed E-state index contributed by atoms with van der Waals surface area (Å²) in [6, 6.07) is -0.726. The molecule has 0 aliphatic carbocycles. The van der Waals surface area contributed by atoms with Crippen molar-refractivity contribution in [1.82, 2.24) is 9.80 Å². The number of nitrogens with zero attached hydrogens (tertiary/aromatic N) is 2. The van der Waals surface area contributed by atoms with Crippen LogP contribution in [0.1, 0.15) is 13.8 Å². The number of hydrogen-bond acceptors (Lipinski definition) is 3. The highest BCUT2D eigenvalue weighted by molar-refractivity contribution is 5.86. The van der Waals surface area contributed by atoms with Crippen LogP contribution in [0.4, 0.5) is 4.79 Å². The minimum absolute atomic E-state index is 0.00231. The van der Waals surface area contributed by atoms with Crippen LogP contribution in [0, 0.1) is 5.92 Å². The first-order valence-corrected chi connectivity index (χ1v) is 5.84. The first-order valence-electron chi connectivity index (χ1n) is 5.84. The molecule has 0 aromatic heterocycles. The van der Waals surface area contributed by atoms with E-state index in [1.165, 1.54) is 4.90 Å². The molecule has 1 heterocycles. The van der Waals surface area contributed by atoms with Crippen LogP contribution in [0.25, 0.3) is 0 Å². The largest absolute Gasteiger partial charge is 0.378 e. The molecule has 0 aromatic rings. The molecule has 1 atom stereocenters.